The Morgan fingerprint density at radius 3 is 1.31 bits per heavy atom. The van der Waals surface area contributed by atoms with Crippen LogP contribution >= 0.6 is 0 Å². The summed E-state index contributed by atoms with van der Waals surface area (Å²) in [6, 6.07) is 0. The van der Waals surface area contributed by atoms with E-state index in [1.54, 1.807) is 0 Å². The van der Waals surface area contributed by atoms with Crippen molar-refractivity contribution in [1.29, 1.82) is 0 Å². The summed E-state index contributed by atoms with van der Waals surface area (Å²) in [5.41, 5.74) is 0. The summed E-state index contributed by atoms with van der Waals surface area (Å²) >= 11 is 0. The minimum atomic E-state index is -0.545. The van der Waals surface area contributed by atoms with Gasteiger partial charge in [-0.05, 0) is 57.8 Å². The fraction of sp³-hybridized carbons (Fsp3) is 0.771. The zero-order valence-electron chi connectivity index (χ0n) is 34.6. The third-order valence-corrected chi connectivity index (χ3v) is 9.61. The van der Waals surface area contributed by atoms with Crippen LogP contribution in [0, 0.1) is 0 Å². The van der Waals surface area contributed by atoms with Crippen LogP contribution in [0.3, 0.4) is 0 Å². The topological polar surface area (TPSA) is 55.8 Å². The summed E-state index contributed by atoms with van der Waals surface area (Å²) in [6.45, 7) is 5.23. The Kier molecular flexibility index (Phi) is 43.6. The largest absolute Gasteiger partial charge is 0.457 e. The van der Waals surface area contributed by atoms with E-state index in [0.29, 0.717) is 13.0 Å². The Morgan fingerprint density at radius 1 is 0.481 bits per heavy atom. The highest BCUT2D eigenvalue weighted by molar-refractivity contribution is 5.69. The third-order valence-electron chi connectivity index (χ3n) is 9.61. The molecule has 1 unspecified atom stereocenters. The number of rotatable bonds is 41. The molecule has 1 atom stereocenters. The molecule has 0 spiro atoms. The molecule has 302 valence electrons. The smallest absolute Gasteiger partial charge is 0.306 e. The van der Waals surface area contributed by atoms with Crippen molar-refractivity contribution in [1.82, 2.24) is 0 Å². The molecule has 1 N–H and O–H groups in total. The molecule has 0 aromatic heterocycles. The second kappa shape index (κ2) is 45.2. The monoisotopic (exact) mass is 727 g/mol. The average Bonchev–Trinajstić information content (AvgIpc) is 3.15. The zero-order chi connectivity index (χ0) is 37.7. The number of unbranched alkanes of at least 4 members (excludes halogenated alkanes) is 23. The number of hydrogen-bond donors (Lipinski definition) is 1. The van der Waals surface area contributed by atoms with Crippen LogP contribution in [0.5, 0.6) is 0 Å². The van der Waals surface area contributed by atoms with E-state index in [1.165, 1.54) is 128 Å². The molecule has 0 bridgehead atoms. The molecule has 0 aliphatic carbocycles. The van der Waals surface area contributed by atoms with Crippen molar-refractivity contribution in [3.05, 3.63) is 60.8 Å². The minimum absolute atomic E-state index is 0.180. The van der Waals surface area contributed by atoms with Gasteiger partial charge in [0.2, 0.25) is 0 Å². The fourth-order valence-electron chi connectivity index (χ4n) is 6.30. The molecule has 4 heteroatoms. The first kappa shape index (κ1) is 50.1. The van der Waals surface area contributed by atoms with Crippen LogP contribution in [0.2, 0.25) is 0 Å². The van der Waals surface area contributed by atoms with E-state index in [0.717, 1.165) is 64.2 Å². The number of allylic oxidation sites excluding steroid dienone is 10. The van der Waals surface area contributed by atoms with Crippen molar-refractivity contribution in [2.24, 2.45) is 0 Å². The lowest BCUT2D eigenvalue weighted by Crippen LogP contribution is -2.27. The quantitative estimate of drug-likeness (QED) is 0.0387. The number of esters is 1. The Bertz CT molecular complexity index is 854. The second-order valence-electron chi connectivity index (χ2n) is 14.7. The second-order valence-corrected chi connectivity index (χ2v) is 14.7. The summed E-state index contributed by atoms with van der Waals surface area (Å²) in [6.07, 6.45) is 60.0. The van der Waals surface area contributed by atoms with Gasteiger partial charge >= 0.3 is 5.97 Å². The summed E-state index contributed by atoms with van der Waals surface area (Å²) in [4.78, 5) is 12.2. The SMILES string of the molecule is CC/C=C\C/C=C\C/C=C\C/C=C\C/C=C\CCCCCCCC(=O)OC(CO)COCCCCCCCCCCCCCCCCCCCCC. The predicted molar refractivity (Wildman–Crippen MR) is 228 cm³/mol. The van der Waals surface area contributed by atoms with E-state index in [-0.39, 0.29) is 19.2 Å². The Labute approximate surface area is 324 Å². The summed E-state index contributed by atoms with van der Waals surface area (Å²) in [5, 5.41) is 9.61. The van der Waals surface area contributed by atoms with Crippen molar-refractivity contribution >= 4 is 5.97 Å². The molecular formula is C48H86O4. The first-order valence-electron chi connectivity index (χ1n) is 22.4. The molecule has 0 radical (unpaired) electrons. The van der Waals surface area contributed by atoms with Crippen molar-refractivity contribution in [3.63, 3.8) is 0 Å². The van der Waals surface area contributed by atoms with Gasteiger partial charge in [0.15, 0.2) is 0 Å². The van der Waals surface area contributed by atoms with Gasteiger partial charge in [-0.15, -0.1) is 0 Å². The van der Waals surface area contributed by atoms with Gasteiger partial charge in [-0.3, -0.25) is 4.79 Å². The lowest BCUT2D eigenvalue weighted by Gasteiger charge is -2.15. The third kappa shape index (κ3) is 42.5. The van der Waals surface area contributed by atoms with Crippen LogP contribution in [-0.4, -0.2) is 37.0 Å². The first-order valence-corrected chi connectivity index (χ1v) is 22.4. The minimum Gasteiger partial charge on any atom is -0.457 e. The normalized spacial score (nSPS) is 12.9. The maximum absolute atomic E-state index is 12.2. The molecule has 0 aliphatic rings. The fourth-order valence-corrected chi connectivity index (χ4v) is 6.30. The molecule has 0 aliphatic heterocycles. The molecule has 0 fully saturated rings. The van der Waals surface area contributed by atoms with Crippen LogP contribution in [-0.2, 0) is 14.3 Å². The molecule has 0 rings (SSSR count). The van der Waals surface area contributed by atoms with Gasteiger partial charge in [-0.1, -0.05) is 209 Å². The van der Waals surface area contributed by atoms with Gasteiger partial charge in [-0.25, -0.2) is 0 Å². The highest BCUT2D eigenvalue weighted by atomic mass is 16.6. The van der Waals surface area contributed by atoms with Crippen LogP contribution in [0.25, 0.3) is 0 Å². The van der Waals surface area contributed by atoms with E-state index in [1.807, 2.05) is 0 Å². The standard InChI is InChI=1S/C48H86O4/c1-3-5-7-9-11-13-15-17-19-21-23-24-25-27-29-31-33-35-37-39-41-43-48(50)52-47(45-49)46-51-44-42-40-38-36-34-32-30-28-26-22-20-18-16-14-12-10-8-6-4-2/h5,7,11,13,17,19,23-24,27,29,47,49H,3-4,6,8-10,12,14-16,18,20-22,25-26,28,30-46H2,1-2H3/b7-5-,13-11-,19-17-,24-23-,29-27-. The van der Waals surface area contributed by atoms with Crippen molar-refractivity contribution < 1.29 is 19.4 Å². The Morgan fingerprint density at radius 2 is 0.865 bits per heavy atom. The molecule has 0 aromatic rings. The van der Waals surface area contributed by atoms with E-state index >= 15 is 0 Å². The average molecular weight is 727 g/mol. The number of carbonyl (C=O) groups is 1. The Hall–Kier alpha value is -1.91. The van der Waals surface area contributed by atoms with Crippen LogP contribution in [0.1, 0.15) is 213 Å². The highest BCUT2D eigenvalue weighted by Gasteiger charge is 2.13. The number of carbonyl (C=O) groups excluding carboxylic acids is 1. The molecule has 4 nitrogen and oxygen atoms in total. The van der Waals surface area contributed by atoms with Crippen molar-refractivity contribution in [2.45, 2.75) is 219 Å². The molecule has 0 heterocycles. The van der Waals surface area contributed by atoms with Gasteiger partial charge in [0.1, 0.15) is 6.10 Å². The first-order chi connectivity index (χ1) is 25.7. The van der Waals surface area contributed by atoms with E-state index in [4.69, 9.17) is 9.47 Å². The predicted octanol–water partition coefficient (Wildman–Crippen LogP) is 14.8. The van der Waals surface area contributed by atoms with Crippen LogP contribution in [0.4, 0.5) is 0 Å². The van der Waals surface area contributed by atoms with Crippen molar-refractivity contribution in [2.75, 3.05) is 19.8 Å². The molecule has 0 amide bonds. The van der Waals surface area contributed by atoms with Gasteiger partial charge in [-0.2, -0.15) is 0 Å². The maximum atomic E-state index is 12.2. The van der Waals surface area contributed by atoms with E-state index < -0.39 is 6.10 Å². The van der Waals surface area contributed by atoms with Gasteiger partial charge in [0.05, 0.1) is 13.2 Å². The summed E-state index contributed by atoms with van der Waals surface area (Å²) in [5.74, 6) is -0.218. The molecule has 0 saturated heterocycles. The highest BCUT2D eigenvalue weighted by Crippen LogP contribution is 2.15. The van der Waals surface area contributed by atoms with Gasteiger partial charge in [0, 0.05) is 13.0 Å². The van der Waals surface area contributed by atoms with E-state index in [2.05, 4.69) is 74.6 Å². The Balaban J connectivity index is 3.47. The van der Waals surface area contributed by atoms with Crippen LogP contribution < -0.4 is 0 Å². The summed E-state index contributed by atoms with van der Waals surface area (Å²) in [7, 11) is 0. The molecule has 52 heavy (non-hydrogen) atoms. The lowest BCUT2D eigenvalue weighted by atomic mass is 10.0. The number of aliphatic hydroxyl groups is 1. The van der Waals surface area contributed by atoms with Gasteiger partial charge < -0.3 is 14.6 Å². The number of ether oxygens (including phenoxy) is 2. The number of aliphatic hydroxyl groups excluding tert-OH is 1. The zero-order valence-corrected chi connectivity index (χ0v) is 34.6. The number of hydrogen-bond acceptors (Lipinski definition) is 4. The lowest BCUT2D eigenvalue weighted by molar-refractivity contribution is -0.154. The molecular weight excluding hydrogens is 641 g/mol. The van der Waals surface area contributed by atoms with E-state index in [9.17, 15) is 9.90 Å². The van der Waals surface area contributed by atoms with Gasteiger partial charge in [0.25, 0.3) is 0 Å². The van der Waals surface area contributed by atoms with Crippen molar-refractivity contribution in [3.8, 4) is 0 Å². The maximum Gasteiger partial charge on any atom is 0.306 e. The molecule has 0 saturated carbocycles. The van der Waals surface area contributed by atoms with Crippen LogP contribution in [0.15, 0.2) is 60.8 Å². The molecule has 0 aromatic carbocycles. The summed E-state index contributed by atoms with van der Waals surface area (Å²) < 4.78 is 11.2.